The summed E-state index contributed by atoms with van der Waals surface area (Å²) in [7, 11) is -1.20. The lowest BCUT2D eigenvalue weighted by molar-refractivity contribution is 0.804. The van der Waals surface area contributed by atoms with Crippen LogP contribution in [0.15, 0.2) is 41.3 Å². The van der Waals surface area contributed by atoms with Crippen LogP contribution in [0.4, 0.5) is 0 Å². The van der Waals surface area contributed by atoms with Crippen LogP contribution in [-0.4, -0.2) is 8.07 Å². The summed E-state index contributed by atoms with van der Waals surface area (Å²) >= 11 is 0. The molecule has 0 unspecified atom stereocenters. The van der Waals surface area contributed by atoms with Gasteiger partial charge in [0.15, 0.2) is 0 Å². The Bertz CT molecular complexity index is 389. The second kappa shape index (κ2) is 6.63. The summed E-state index contributed by atoms with van der Waals surface area (Å²) in [5.74, 6) is 0. The molecule has 1 aromatic carbocycles. The van der Waals surface area contributed by atoms with Crippen molar-refractivity contribution < 1.29 is 0 Å². The van der Waals surface area contributed by atoms with E-state index in [1.165, 1.54) is 24.8 Å². The van der Waals surface area contributed by atoms with Gasteiger partial charge in [-0.2, -0.15) is 0 Å². The van der Waals surface area contributed by atoms with Crippen molar-refractivity contribution in [2.45, 2.75) is 45.8 Å². The Morgan fingerprint density at radius 2 is 1.82 bits per heavy atom. The van der Waals surface area contributed by atoms with E-state index in [4.69, 9.17) is 0 Å². The van der Waals surface area contributed by atoms with Gasteiger partial charge in [-0.15, -0.1) is 5.73 Å². The van der Waals surface area contributed by atoms with Gasteiger partial charge in [0, 0.05) is 0 Å². The molecule has 0 spiro atoms. The Labute approximate surface area is 107 Å². The summed E-state index contributed by atoms with van der Waals surface area (Å²) in [5, 5.41) is 1.56. The maximum absolute atomic E-state index is 3.56. The standard InChI is InChI=1S/C16H24Si/c1-5-6-12-16(17(2,3)4)14-13-15-10-8-7-9-11-15/h7-11,13H,5-6,12H2,1-4H3. The molecule has 0 heterocycles. The van der Waals surface area contributed by atoms with Gasteiger partial charge in [-0.25, -0.2) is 0 Å². The third kappa shape index (κ3) is 5.21. The van der Waals surface area contributed by atoms with Gasteiger partial charge in [-0.05, 0) is 29.7 Å². The fraction of sp³-hybridized carbons (Fsp3) is 0.438. The molecule has 0 atom stereocenters. The molecule has 1 rings (SSSR count). The van der Waals surface area contributed by atoms with E-state index in [1.54, 1.807) is 5.20 Å². The second-order valence-corrected chi connectivity index (χ2v) is 10.6. The Morgan fingerprint density at radius 1 is 1.18 bits per heavy atom. The highest BCUT2D eigenvalue weighted by Gasteiger charge is 2.18. The third-order valence-corrected chi connectivity index (χ3v) is 5.10. The fourth-order valence-corrected chi connectivity index (χ4v) is 3.17. The van der Waals surface area contributed by atoms with Crippen LogP contribution in [0.3, 0.4) is 0 Å². The molecule has 0 nitrogen and oxygen atoms in total. The lowest BCUT2D eigenvalue weighted by Crippen LogP contribution is -2.23. The fourth-order valence-electron chi connectivity index (χ4n) is 1.74. The van der Waals surface area contributed by atoms with E-state index in [2.05, 4.69) is 68.7 Å². The van der Waals surface area contributed by atoms with Crippen molar-refractivity contribution in [2.24, 2.45) is 0 Å². The largest absolute Gasteiger partial charge is 0.126 e. The van der Waals surface area contributed by atoms with Crippen molar-refractivity contribution in [3.8, 4) is 0 Å². The summed E-state index contributed by atoms with van der Waals surface area (Å²) < 4.78 is 0. The van der Waals surface area contributed by atoms with Crippen LogP contribution in [-0.2, 0) is 0 Å². The molecule has 0 saturated carbocycles. The van der Waals surface area contributed by atoms with Gasteiger partial charge in [0.1, 0.15) is 0 Å². The SMILES string of the molecule is CCCCC(=C=Cc1ccccc1)[Si](C)(C)C. The van der Waals surface area contributed by atoms with Crippen molar-refractivity contribution in [1.29, 1.82) is 0 Å². The predicted molar refractivity (Wildman–Crippen MR) is 80.8 cm³/mol. The number of rotatable bonds is 5. The Kier molecular flexibility index (Phi) is 5.47. The first-order valence-electron chi connectivity index (χ1n) is 6.55. The summed E-state index contributed by atoms with van der Waals surface area (Å²) in [4.78, 5) is 0. The molecule has 0 bridgehead atoms. The highest BCUT2D eigenvalue weighted by atomic mass is 28.3. The maximum atomic E-state index is 3.56. The normalized spacial score (nSPS) is 10.8. The molecule has 0 aromatic heterocycles. The van der Waals surface area contributed by atoms with Crippen LogP contribution >= 0.6 is 0 Å². The quantitative estimate of drug-likeness (QED) is 0.487. The van der Waals surface area contributed by atoms with Crippen LogP contribution in [0, 0.1) is 0 Å². The minimum atomic E-state index is -1.20. The van der Waals surface area contributed by atoms with Gasteiger partial charge in [-0.3, -0.25) is 0 Å². The molecular weight excluding hydrogens is 220 g/mol. The van der Waals surface area contributed by atoms with Crippen LogP contribution in [0.1, 0.15) is 31.7 Å². The zero-order chi connectivity index (χ0) is 12.7. The van der Waals surface area contributed by atoms with Crippen molar-refractivity contribution in [3.05, 3.63) is 46.8 Å². The van der Waals surface area contributed by atoms with Crippen LogP contribution < -0.4 is 0 Å². The first-order valence-corrected chi connectivity index (χ1v) is 10.0. The Morgan fingerprint density at radius 3 is 2.35 bits per heavy atom. The molecule has 0 fully saturated rings. The molecule has 0 aliphatic carbocycles. The number of allylic oxidation sites excluding steroid dienone is 1. The predicted octanol–water partition coefficient (Wildman–Crippen LogP) is 5.29. The molecule has 1 heteroatoms. The molecule has 0 aliphatic heterocycles. The van der Waals surface area contributed by atoms with Crippen molar-refractivity contribution >= 4 is 14.1 Å². The molecule has 0 N–H and O–H groups in total. The van der Waals surface area contributed by atoms with E-state index in [9.17, 15) is 0 Å². The molecular formula is C16H24Si. The van der Waals surface area contributed by atoms with E-state index in [0.29, 0.717) is 0 Å². The molecule has 0 amide bonds. The van der Waals surface area contributed by atoms with Crippen LogP contribution in [0.2, 0.25) is 19.6 Å². The van der Waals surface area contributed by atoms with E-state index in [1.807, 2.05) is 0 Å². The average molecular weight is 244 g/mol. The molecule has 0 saturated heterocycles. The number of hydrogen-bond donors (Lipinski definition) is 0. The number of hydrogen-bond acceptors (Lipinski definition) is 0. The lowest BCUT2D eigenvalue weighted by Gasteiger charge is -2.18. The molecule has 0 aliphatic rings. The Balaban J connectivity index is 2.93. The summed E-state index contributed by atoms with van der Waals surface area (Å²) in [5.41, 5.74) is 4.81. The van der Waals surface area contributed by atoms with Gasteiger partial charge in [0.25, 0.3) is 0 Å². The summed E-state index contributed by atoms with van der Waals surface area (Å²) in [6, 6.07) is 10.5. The van der Waals surface area contributed by atoms with E-state index in [-0.39, 0.29) is 0 Å². The van der Waals surface area contributed by atoms with Crippen molar-refractivity contribution in [2.75, 3.05) is 0 Å². The molecule has 0 radical (unpaired) electrons. The highest BCUT2D eigenvalue weighted by molar-refractivity contribution is 6.83. The van der Waals surface area contributed by atoms with Gasteiger partial charge in [0.2, 0.25) is 0 Å². The lowest BCUT2D eigenvalue weighted by atomic mass is 10.2. The van der Waals surface area contributed by atoms with Gasteiger partial charge < -0.3 is 0 Å². The third-order valence-electron chi connectivity index (χ3n) is 2.90. The first-order chi connectivity index (χ1) is 8.04. The topological polar surface area (TPSA) is 0 Å². The Hall–Kier alpha value is -1.04. The van der Waals surface area contributed by atoms with E-state index in [0.717, 1.165) is 0 Å². The second-order valence-electron chi connectivity index (χ2n) is 5.53. The van der Waals surface area contributed by atoms with Crippen molar-refractivity contribution in [1.82, 2.24) is 0 Å². The monoisotopic (exact) mass is 244 g/mol. The van der Waals surface area contributed by atoms with Crippen molar-refractivity contribution in [3.63, 3.8) is 0 Å². The minimum absolute atomic E-state index is 1.20. The zero-order valence-electron chi connectivity index (χ0n) is 11.6. The van der Waals surface area contributed by atoms with E-state index < -0.39 is 8.07 Å². The number of benzene rings is 1. The summed E-state index contributed by atoms with van der Waals surface area (Å²) in [6.07, 6.45) is 5.91. The van der Waals surface area contributed by atoms with E-state index >= 15 is 0 Å². The van der Waals surface area contributed by atoms with Gasteiger partial charge >= 0.3 is 0 Å². The zero-order valence-corrected chi connectivity index (χ0v) is 12.6. The highest BCUT2D eigenvalue weighted by Crippen LogP contribution is 2.19. The first kappa shape index (κ1) is 14.0. The smallest absolute Gasteiger partial charge is 0.0823 e. The summed E-state index contributed by atoms with van der Waals surface area (Å²) in [6.45, 7) is 9.47. The van der Waals surface area contributed by atoms with Crippen LogP contribution in [0.25, 0.3) is 6.08 Å². The van der Waals surface area contributed by atoms with Crippen LogP contribution in [0.5, 0.6) is 0 Å². The number of unbranched alkanes of at least 4 members (excludes halogenated alkanes) is 1. The molecule has 92 valence electrons. The maximum Gasteiger partial charge on any atom is 0.0823 e. The average Bonchev–Trinajstić information content (AvgIpc) is 2.29. The molecule has 17 heavy (non-hydrogen) atoms. The molecule has 1 aromatic rings. The minimum Gasteiger partial charge on any atom is -0.126 e. The van der Waals surface area contributed by atoms with Gasteiger partial charge in [-0.1, -0.05) is 63.3 Å². The van der Waals surface area contributed by atoms with Gasteiger partial charge in [0.05, 0.1) is 8.07 Å².